The first-order valence-corrected chi connectivity index (χ1v) is 46.2. The molecule has 0 N–H and O–H groups in total. The number of nitrogens with zero attached hydrogens (tertiary/aromatic N) is 2. The van der Waals surface area contributed by atoms with Crippen molar-refractivity contribution >= 4 is 127 Å². The molecule has 130 heavy (non-hydrogen) atoms. The smallest absolute Gasteiger partial charge is 0.246 e. The Kier molecular flexibility index (Phi) is 19.4. The van der Waals surface area contributed by atoms with Gasteiger partial charge in [-0.2, -0.15) is 0 Å². The highest BCUT2D eigenvalue weighted by Gasteiger charge is 2.47. The van der Waals surface area contributed by atoms with Crippen LogP contribution >= 0.6 is 0 Å². The highest BCUT2D eigenvalue weighted by molar-refractivity contribution is 7.03. The van der Waals surface area contributed by atoms with E-state index in [2.05, 4.69) is 434 Å². The van der Waals surface area contributed by atoms with Crippen LogP contribution in [-0.4, -0.2) is 26.9 Å². The van der Waals surface area contributed by atoms with Gasteiger partial charge >= 0.3 is 0 Å². The first-order chi connectivity index (χ1) is 62.6. The molecule has 10 heteroatoms. The Bertz CT molecular complexity index is 7480. The summed E-state index contributed by atoms with van der Waals surface area (Å²) in [4.78, 5) is 5.21. The highest BCUT2D eigenvalue weighted by Crippen LogP contribution is 2.46. The van der Waals surface area contributed by atoms with Crippen LogP contribution in [-0.2, 0) is 21.7 Å². The topological polar surface area (TPSA) is 59.0 Å². The molecule has 0 saturated carbocycles. The second-order valence-corrected chi connectivity index (χ2v) is 40.9. The normalized spacial score (nSPS) is 13.3. The number of furan rings is 4. The lowest BCUT2D eigenvalue weighted by molar-refractivity contribution is 0.544. The van der Waals surface area contributed by atoms with Gasteiger partial charge in [0, 0.05) is 67.5 Å². The fourth-order valence-electron chi connectivity index (χ4n) is 21.1. The van der Waals surface area contributed by atoms with Gasteiger partial charge in [0.05, 0.1) is 0 Å². The maximum atomic E-state index is 6.80. The van der Waals surface area contributed by atoms with Crippen LogP contribution in [0.5, 0.6) is 0 Å². The maximum absolute atomic E-state index is 6.80. The number of benzene rings is 14. The van der Waals surface area contributed by atoms with Gasteiger partial charge in [-0.3, -0.25) is 0 Å². The highest BCUT2D eigenvalue weighted by atomic mass is 16.4. The molecule has 0 saturated heterocycles. The van der Waals surface area contributed by atoms with Gasteiger partial charge in [0.2, 0.25) is 26.9 Å². The van der Waals surface area contributed by atoms with Gasteiger partial charge in [-0.25, -0.2) is 0 Å². The summed E-state index contributed by atoms with van der Waals surface area (Å²) in [5.74, 6) is 6.84. The van der Waals surface area contributed by atoms with E-state index in [-0.39, 0.29) is 48.5 Å². The molecule has 0 spiro atoms. The maximum Gasteiger partial charge on any atom is 0.246 e. The molecule has 18 aromatic rings. The average molecular weight is 1680 g/mol. The van der Waals surface area contributed by atoms with E-state index >= 15 is 0 Å². The molecule has 0 atom stereocenters. The zero-order chi connectivity index (χ0) is 89.3. The van der Waals surface area contributed by atoms with Gasteiger partial charge < -0.3 is 27.5 Å². The fourth-order valence-corrected chi connectivity index (χ4v) is 21.1. The van der Waals surface area contributed by atoms with E-state index in [9.17, 15) is 0 Å². The van der Waals surface area contributed by atoms with Gasteiger partial charge in [-0.1, -0.05) is 384 Å². The second kappa shape index (κ2) is 30.9. The first kappa shape index (κ1) is 81.8. The Balaban J connectivity index is 0.581. The molecule has 4 aliphatic heterocycles. The molecule has 0 amide bonds. The summed E-state index contributed by atoms with van der Waals surface area (Å²) < 4.78 is 25.8. The number of hydrogen-bond donors (Lipinski definition) is 0. The Morgan fingerprint density at radius 2 is 0.523 bits per heavy atom. The Morgan fingerprint density at radius 1 is 0.200 bits per heavy atom. The summed E-state index contributed by atoms with van der Waals surface area (Å²) >= 11 is 0. The van der Waals surface area contributed by atoms with Crippen molar-refractivity contribution in [1.82, 2.24) is 0 Å². The van der Waals surface area contributed by atoms with E-state index in [1.54, 1.807) is 0 Å². The minimum Gasteiger partial charge on any atom is -0.461 e. The molecule has 22 rings (SSSR count). The van der Waals surface area contributed by atoms with Gasteiger partial charge in [-0.05, 0) is 220 Å². The van der Waals surface area contributed by atoms with Crippen LogP contribution in [0.25, 0.3) is 101 Å². The van der Waals surface area contributed by atoms with E-state index < -0.39 is 0 Å². The molecule has 0 unspecified atom stereocenters. The van der Waals surface area contributed by atoms with Gasteiger partial charge in [0.1, 0.15) is 46.1 Å². The van der Waals surface area contributed by atoms with E-state index in [0.29, 0.717) is 0 Å². The first-order valence-electron chi connectivity index (χ1n) is 46.2. The van der Waals surface area contributed by atoms with Crippen LogP contribution in [0.15, 0.2) is 357 Å². The zero-order valence-corrected chi connectivity index (χ0v) is 77.2. The lowest BCUT2D eigenvalue weighted by atomic mass is 9.30. The molecule has 630 valence electrons. The number of aryl methyl sites for hydroxylation is 4. The zero-order valence-electron chi connectivity index (χ0n) is 77.2. The van der Waals surface area contributed by atoms with Crippen LogP contribution < -0.4 is 75.4 Å². The lowest BCUT2D eigenvalue weighted by Crippen LogP contribution is -2.65. The number of anilines is 6. The third-order valence-corrected chi connectivity index (χ3v) is 28.2. The molecule has 0 radical (unpaired) electrons. The number of para-hydroxylation sites is 2. The van der Waals surface area contributed by atoms with Crippen LogP contribution in [0.4, 0.5) is 34.1 Å². The van der Waals surface area contributed by atoms with E-state index in [0.717, 1.165) is 107 Å². The van der Waals surface area contributed by atoms with Crippen molar-refractivity contribution in [3.05, 3.63) is 385 Å². The molecule has 8 heterocycles. The summed E-state index contributed by atoms with van der Waals surface area (Å²) in [6, 6.07) is 129. The molecule has 4 aromatic heterocycles. The van der Waals surface area contributed by atoms with Crippen molar-refractivity contribution in [2.45, 2.75) is 132 Å². The van der Waals surface area contributed by atoms with Crippen LogP contribution in [0.1, 0.15) is 128 Å². The molecule has 0 fully saturated rings. The number of fused-ring (bicyclic) bond motifs is 8. The summed E-state index contributed by atoms with van der Waals surface area (Å²) in [6.07, 6.45) is 0. The summed E-state index contributed by atoms with van der Waals surface area (Å²) in [6.45, 7) is 35.6. The Labute approximate surface area is 767 Å². The average Bonchev–Trinajstić information content (AvgIpc) is 1.05. The predicted molar refractivity (Wildman–Crippen MR) is 552 cm³/mol. The van der Waals surface area contributed by atoms with Crippen molar-refractivity contribution in [2.24, 2.45) is 0 Å². The van der Waals surface area contributed by atoms with Crippen LogP contribution in [0, 0.1) is 27.7 Å². The van der Waals surface area contributed by atoms with Crippen molar-refractivity contribution in [1.29, 1.82) is 0 Å². The molecule has 6 nitrogen and oxygen atoms in total. The molecular formula is C120H104B4N2O4. The Hall–Kier alpha value is -13.9. The Morgan fingerprint density at radius 3 is 0.954 bits per heavy atom. The van der Waals surface area contributed by atoms with Crippen molar-refractivity contribution in [3.8, 4) is 101 Å². The molecule has 0 bridgehead atoms. The standard InChI is InChI=1S/C120H104B4N2O4/c1-73-27-63-111(127-73)81-37-29-77(30-38-81)85-21-19-22-96(65-85)124-100-60-53-92(120(14,15)16)70-110(100)126-109-62-46-86(66-103(109)122(101-24-20-25-102(124)115(101)126)94-56-49-90(50-57-94)118(8,9)10)78-31-41-83(42-32-78)113-71-97(75(3)129-113)98-72-114(130-76(98)4)84-43-33-79(34-44-84)87-45-61-108-104(67-87)123(95-58-51-91(52-59-95)119(11,12)13)106-69-88(80-35-39-82(40-36-80)112-64-28-74(2)128-112)68-105-116(106)125(108)107-26-18-17-23-99(107)121(105)93-54-47-89(48-55-93)117(5,6)7/h17-72H,1-16H3. The lowest BCUT2D eigenvalue weighted by Gasteiger charge is -2.44. The summed E-state index contributed by atoms with van der Waals surface area (Å²) in [5.41, 5.74) is 43.3. The number of rotatable bonds is 13. The third-order valence-electron chi connectivity index (χ3n) is 28.2. The van der Waals surface area contributed by atoms with E-state index in [1.807, 2.05) is 26.0 Å². The molecule has 14 aromatic carbocycles. The summed E-state index contributed by atoms with van der Waals surface area (Å²) in [7, 11) is 0. The number of hydrogen-bond acceptors (Lipinski definition) is 6. The van der Waals surface area contributed by atoms with E-state index in [1.165, 1.54) is 139 Å². The largest absolute Gasteiger partial charge is 0.461 e. The van der Waals surface area contributed by atoms with Gasteiger partial charge in [0.15, 0.2) is 0 Å². The second-order valence-electron chi connectivity index (χ2n) is 40.9. The third kappa shape index (κ3) is 14.2. The SMILES string of the molecule is Cc1ccc(-c2ccc(-c3cccc(B4c5ccc(C(C)(C)C)cc5N5c6ccc(-c7ccc(-c8cc(-c9cc(-c%10ccc(-c%11ccc%12c(c%11)B(c%11ccc(C(C)(C)C)cc%11)c%11cc(-c%13ccc(-c%14ccc(C)o%14)cc%13)cc%13c%11N%12c%11ccccc%11B%13c%11ccc(C(C)(C)C)cc%11)cc%10)oc9C)c(C)o8)cc7)cc6B(c6ccc(C(C)(C)C)cc6)c6cccc4c65)c3)cc2)o1. The minimum atomic E-state index is -0.107. The molecule has 4 aliphatic rings. The molecule has 0 aliphatic carbocycles. The molecular weight excluding hydrogens is 1580 g/mol. The fraction of sp³-hybridized carbons (Fsp3) is 0.167. The van der Waals surface area contributed by atoms with Crippen LogP contribution in [0.2, 0.25) is 0 Å². The minimum absolute atomic E-state index is 0.00324. The van der Waals surface area contributed by atoms with Gasteiger partial charge in [0.25, 0.3) is 0 Å². The predicted octanol–water partition coefficient (Wildman–Crippen LogP) is 23.7. The van der Waals surface area contributed by atoms with Crippen molar-refractivity contribution < 1.29 is 17.7 Å². The van der Waals surface area contributed by atoms with Gasteiger partial charge in [-0.15, -0.1) is 0 Å². The van der Waals surface area contributed by atoms with Crippen molar-refractivity contribution in [3.63, 3.8) is 0 Å². The monoisotopic (exact) mass is 1680 g/mol. The quantitative estimate of drug-likeness (QED) is 0.107. The summed E-state index contributed by atoms with van der Waals surface area (Å²) in [5, 5.41) is 0. The van der Waals surface area contributed by atoms with E-state index in [4.69, 9.17) is 17.7 Å². The van der Waals surface area contributed by atoms with Crippen LogP contribution in [0.3, 0.4) is 0 Å². The van der Waals surface area contributed by atoms with Crippen molar-refractivity contribution in [2.75, 3.05) is 9.80 Å².